The van der Waals surface area contributed by atoms with Crippen LogP contribution in [0.4, 0.5) is 0 Å². The molecule has 1 aliphatic carbocycles. The molecule has 3 rings (SSSR count). The number of fused-ring (bicyclic) bond motifs is 1. The van der Waals surface area contributed by atoms with Crippen LogP contribution in [0.2, 0.25) is 0 Å². The molecule has 0 spiro atoms. The third-order valence-electron chi connectivity index (χ3n) is 4.37. The van der Waals surface area contributed by atoms with Crippen molar-refractivity contribution in [1.29, 1.82) is 0 Å². The molecule has 1 N–H and O–H groups in total. The van der Waals surface area contributed by atoms with E-state index in [9.17, 15) is 0 Å². The Morgan fingerprint density at radius 3 is 2.50 bits per heavy atom. The van der Waals surface area contributed by atoms with E-state index in [1.54, 1.807) is 11.1 Å². The summed E-state index contributed by atoms with van der Waals surface area (Å²) in [5.41, 5.74) is 3.39. The maximum atomic E-state index is 3.65. The molecule has 2 heteroatoms. The average molecular weight is 244 g/mol. The predicted molar refractivity (Wildman–Crippen MR) is 75.9 cm³/mol. The summed E-state index contributed by atoms with van der Waals surface area (Å²) in [5, 5.41) is 3.65. The lowest BCUT2D eigenvalue weighted by Gasteiger charge is -2.33. The van der Waals surface area contributed by atoms with Gasteiger partial charge in [0.05, 0.1) is 0 Å². The zero-order valence-corrected chi connectivity index (χ0v) is 11.6. The molecule has 1 fully saturated rings. The molecule has 0 radical (unpaired) electrons. The van der Waals surface area contributed by atoms with Crippen molar-refractivity contribution >= 4 is 0 Å². The zero-order valence-electron chi connectivity index (χ0n) is 11.6. The summed E-state index contributed by atoms with van der Waals surface area (Å²) >= 11 is 0. The third kappa shape index (κ3) is 2.45. The van der Waals surface area contributed by atoms with E-state index in [4.69, 9.17) is 0 Å². The van der Waals surface area contributed by atoms with Crippen molar-refractivity contribution in [3.05, 3.63) is 35.4 Å². The number of nitrogens with one attached hydrogen (secondary N) is 1. The summed E-state index contributed by atoms with van der Waals surface area (Å²) in [4.78, 5) is 2.71. The molecule has 98 valence electrons. The second kappa shape index (κ2) is 4.67. The van der Waals surface area contributed by atoms with Crippen LogP contribution in [0, 0.1) is 0 Å². The summed E-state index contributed by atoms with van der Waals surface area (Å²) < 4.78 is 0. The van der Waals surface area contributed by atoms with Crippen LogP contribution in [0.5, 0.6) is 0 Å². The van der Waals surface area contributed by atoms with Gasteiger partial charge in [0.15, 0.2) is 0 Å². The number of hydrogen-bond acceptors (Lipinski definition) is 2. The molecular weight excluding hydrogens is 220 g/mol. The summed E-state index contributed by atoms with van der Waals surface area (Å²) in [7, 11) is 0. The fourth-order valence-corrected chi connectivity index (χ4v) is 3.46. The first kappa shape index (κ1) is 12.2. The van der Waals surface area contributed by atoms with Gasteiger partial charge >= 0.3 is 0 Å². The van der Waals surface area contributed by atoms with E-state index in [0.29, 0.717) is 0 Å². The normalized spacial score (nSPS) is 24.8. The fourth-order valence-electron chi connectivity index (χ4n) is 3.46. The topological polar surface area (TPSA) is 15.3 Å². The van der Waals surface area contributed by atoms with E-state index in [-0.39, 0.29) is 5.54 Å². The van der Waals surface area contributed by atoms with Gasteiger partial charge in [0.25, 0.3) is 0 Å². The highest BCUT2D eigenvalue weighted by Gasteiger charge is 2.31. The van der Waals surface area contributed by atoms with Gasteiger partial charge in [0, 0.05) is 18.1 Å². The van der Waals surface area contributed by atoms with Gasteiger partial charge in [-0.2, -0.15) is 0 Å². The standard InChI is InChI=1S/C16H24N2/c1-16(2)12-18(9-5-8-17-16)15-10-13-6-3-4-7-14(13)11-15/h3-4,6-7,15,17H,5,8-12H2,1-2H3. The molecule has 0 unspecified atom stereocenters. The van der Waals surface area contributed by atoms with Crippen molar-refractivity contribution in [3.63, 3.8) is 0 Å². The molecule has 0 amide bonds. The molecule has 1 aromatic rings. The maximum Gasteiger partial charge on any atom is 0.0252 e. The van der Waals surface area contributed by atoms with Gasteiger partial charge in [-0.05, 0) is 57.3 Å². The Bertz CT molecular complexity index is 400. The fraction of sp³-hybridized carbons (Fsp3) is 0.625. The molecule has 1 aromatic carbocycles. The SMILES string of the molecule is CC1(C)CN(C2Cc3ccccc3C2)CCCN1. The molecule has 1 heterocycles. The number of hydrogen-bond donors (Lipinski definition) is 1. The van der Waals surface area contributed by atoms with Crippen LogP contribution < -0.4 is 5.32 Å². The quantitative estimate of drug-likeness (QED) is 0.815. The summed E-state index contributed by atoms with van der Waals surface area (Å²) in [6, 6.07) is 9.68. The Hall–Kier alpha value is -0.860. The highest BCUT2D eigenvalue weighted by atomic mass is 15.2. The second-order valence-corrected chi connectivity index (χ2v) is 6.47. The van der Waals surface area contributed by atoms with E-state index in [1.165, 1.54) is 32.4 Å². The van der Waals surface area contributed by atoms with Crippen LogP contribution in [0.15, 0.2) is 24.3 Å². The Morgan fingerprint density at radius 1 is 1.17 bits per heavy atom. The van der Waals surface area contributed by atoms with Crippen molar-refractivity contribution in [2.75, 3.05) is 19.6 Å². The van der Waals surface area contributed by atoms with Crippen molar-refractivity contribution in [2.45, 2.75) is 44.7 Å². The van der Waals surface area contributed by atoms with Gasteiger partial charge in [0.1, 0.15) is 0 Å². The lowest BCUT2D eigenvalue weighted by molar-refractivity contribution is 0.173. The first-order chi connectivity index (χ1) is 8.64. The van der Waals surface area contributed by atoms with Crippen molar-refractivity contribution in [3.8, 4) is 0 Å². The highest BCUT2D eigenvalue weighted by molar-refractivity contribution is 5.33. The van der Waals surface area contributed by atoms with E-state index in [2.05, 4.69) is 48.3 Å². The highest BCUT2D eigenvalue weighted by Crippen LogP contribution is 2.27. The zero-order chi connectivity index (χ0) is 12.6. The Labute approximate surface area is 110 Å². The third-order valence-corrected chi connectivity index (χ3v) is 4.37. The monoisotopic (exact) mass is 244 g/mol. The largest absolute Gasteiger partial charge is 0.310 e. The van der Waals surface area contributed by atoms with Gasteiger partial charge in [0.2, 0.25) is 0 Å². The van der Waals surface area contributed by atoms with Crippen LogP contribution in [-0.4, -0.2) is 36.1 Å². The average Bonchev–Trinajstić information content (AvgIpc) is 2.68. The van der Waals surface area contributed by atoms with Crippen molar-refractivity contribution in [1.82, 2.24) is 10.2 Å². The predicted octanol–water partition coefficient (Wildman–Crippen LogP) is 2.23. The van der Waals surface area contributed by atoms with Gasteiger partial charge in [-0.3, -0.25) is 4.90 Å². The van der Waals surface area contributed by atoms with Crippen LogP contribution in [0.1, 0.15) is 31.4 Å². The lowest BCUT2D eigenvalue weighted by Crippen LogP contribution is -2.49. The summed E-state index contributed by atoms with van der Waals surface area (Å²) in [6.45, 7) is 8.23. The molecular formula is C16H24N2. The number of rotatable bonds is 1. The van der Waals surface area contributed by atoms with E-state index in [0.717, 1.165) is 12.6 Å². The molecule has 1 aliphatic heterocycles. The number of benzene rings is 1. The molecule has 2 aliphatic rings. The number of nitrogens with zero attached hydrogens (tertiary/aromatic N) is 1. The molecule has 0 atom stereocenters. The van der Waals surface area contributed by atoms with Crippen LogP contribution in [0.3, 0.4) is 0 Å². The van der Waals surface area contributed by atoms with Gasteiger partial charge in [-0.15, -0.1) is 0 Å². The first-order valence-corrected chi connectivity index (χ1v) is 7.20. The van der Waals surface area contributed by atoms with Gasteiger partial charge in [-0.25, -0.2) is 0 Å². The molecule has 1 saturated heterocycles. The van der Waals surface area contributed by atoms with Crippen LogP contribution in [0.25, 0.3) is 0 Å². The summed E-state index contributed by atoms with van der Waals surface area (Å²) in [6.07, 6.45) is 3.76. The minimum Gasteiger partial charge on any atom is -0.310 e. The van der Waals surface area contributed by atoms with Crippen molar-refractivity contribution in [2.24, 2.45) is 0 Å². The lowest BCUT2D eigenvalue weighted by atomic mass is 10.0. The Kier molecular flexibility index (Phi) is 3.16. The van der Waals surface area contributed by atoms with Crippen LogP contribution >= 0.6 is 0 Å². The molecule has 2 nitrogen and oxygen atoms in total. The maximum absolute atomic E-state index is 3.65. The van der Waals surface area contributed by atoms with Gasteiger partial charge < -0.3 is 5.32 Å². The van der Waals surface area contributed by atoms with Crippen molar-refractivity contribution < 1.29 is 0 Å². The minimum atomic E-state index is 0.255. The second-order valence-electron chi connectivity index (χ2n) is 6.47. The Balaban J connectivity index is 1.73. The van der Waals surface area contributed by atoms with Crippen LogP contribution in [-0.2, 0) is 12.8 Å². The molecule has 0 saturated carbocycles. The van der Waals surface area contributed by atoms with E-state index in [1.807, 2.05) is 0 Å². The molecule has 0 bridgehead atoms. The van der Waals surface area contributed by atoms with E-state index >= 15 is 0 Å². The molecule has 18 heavy (non-hydrogen) atoms. The van der Waals surface area contributed by atoms with Gasteiger partial charge in [-0.1, -0.05) is 24.3 Å². The molecule has 0 aromatic heterocycles. The Morgan fingerprint density at radius 2 is 1.83 bits per heavy atom. The van der Waals surface area contributed by atoms with E-state index < -0.39 is 0 Å². The first-order valence-electron chi connectivity index (χ1n) is 7.20. The minimum absolute atomic E-state index is 0.255. The smallest absolute Gasteiger partial charge is 0.0252 e. The summed E-state index contributed by atoms with van der Waals surface area (Å²) in [5.74, 6) is 0.